The van der Waals surface area contributed by atoms with Crippen LogP contribution in [0, 0.1) is 0 Å². The first-order chi connectivity index (χ1) is 9.41. The Morgan fingerprint density at radius 3 is 2.80 bits per heavy atom. The number of hydrogen-bond acceptors (Lipinski definition) is 6. The van der Waals surface area contributed by atoms with Gasteiger partial charge in [0.05, 0.1) is 25.8 Å². The first-order valence-electron chi connectivity index (χ1n) is 5.80. The smallest absolute Gasteiger partial charge is 0.252 e. The van der Waals surface area contributed by atoms with Crippen LogP contribution in [0.1, 0.15) is 0 Å². The zero-order chi connectivity index (χ0) is 15.2. The second kappa shape index (κ2) is 7.70. The molecule has 1 aromatic rings. The van der Waals surface area contributed by atoms with Crippen molar-refractivity contribution in [3.05, 3.63) is 17.5 Å². The van der Waals surface area contributed by atoms with Gasteiger partial charge in [-0.25, -0.2) is 8.42 Å². The van der Waals surface area contributed by atoms with Gasteiger partial charge in [0.15, 0.2) is 0 Å². The molecular weight excluding hydrogens is 304 g/mol. The van der Waals surface area contributed by atoms with Gasteiger partial charge in [0, 0.05) is 14.2 Å². The van der Waals surface area contributed by atoms with Gasteiger partial charge in [-0.3, -0.25) is 4.79 Å². The lowest BCUT2D eigenvalue weighted by atomic mass is 10.3. The fourth-order valence-electron chi connectivity index (χ4n) is 1.47. The molecule has 0 aliphatic heterocycles. The van der Waals surface area contributed by atoms with Crippen LogP contribution in [-0.2, 0) is 19.6 Å². The van der Waals surface area contributed by atoms with Crippen LogP contribution in [0.3, 0.4) is 0 Å². The van der Waals surface area contributed by atoms with Crippen LogP contribution in [0.15, 0.2) is 21.7 Å². The minimum atomic E-state index is -3.65. The van der Waals surface area contributed by atoms with Gasteiger partial charge < -0.3 is 15.2 Å². The van der Waals surface area contributed by atoms with Gasteiger partial charge in [0.1, 0.15) is 4.21 Å². The first-order valence-corrected chi connectivity index (χ1v) is 8.12. The van der Waals surface area contributed by atoms with Crippen LogP contribution in [0.25, 0.3) is 0 Å². The van der Waals surface area contributed by atoms with Crippen molar-refractivity contribution >= 4 is 27.3 Å². The number of aliphatic hydroxyl groups is 1. The summed E-state index contributed by atoms with van der Waals surface area (Å²) in [5, 5.41) is 13.2. The lowest BCUT2D eigenvalue weighted by Crippen LogP contribution is -2.45. The number of methoxy groups -OCH3 is 1. The molecule has 1 amide bonds. The second-order valence-corrected chi connectivity index (χ2v) is 7.31. The molecule has 0 bridgehead atoms. The number of sulfonamides is 1. The average molecular weight is 322 g/mol. The Labute approximate surface area is 122 Å². The molecule has 1 unspecified atom stereocenters. The maximum Gasteiger partial charge on any atom is 0.252 e. The van der Waals surface area contributed by atoms with E-state index in [-0.39, 0.29) is 24.0 Å². The monoisotopic (exact) mass is 322 g/mol. The highest BCUT2D eigenvalue weighted by Crippen LogP contribution is 2.19. The molecule has 2 N–H and O–H groups in total. The van der Waals surface area contributed by atoms with Crippen molar-refractivity contribution in [3.63, 3.8) is 0 Å². The number of carbonyl (C=O) groups is 1. The largest absolute Gasteiger partial charge is 0.394 e. The summed E-state index contributed by atoms with van der Waals surface area (Å²) in [5.74, 6) is -0.497. The summed E-state index contributed by atoms with van der Waals surface area (Å²) < 4.78 is 30.2. The minimum Gasteiger partial charge on any atom is -0.394 e. The zero-order valence-corrected chi connectivity index (χ0v) is 12.9. The molecule has 0 saturated carbocycles. The molecule has 0 radical (unpaired) electrons. The van der Waals surface area contributed by atoms with Crippen molar-refractivity contribution in [2.24, 2.45) is 0 Å². The van der Waals surface area contributed by atoms with Crippen LogP contribution >= 0.6 is 11.3 Å². The molecule has 0 aliphatic rings. The Hall–Kier alpha value is -1.00. The molecule has 7 nitrogen and oxygen atoms in total. The molecule has 1 aromatic heterocycles. The van der Waals surface area contributed by atoms with Gasteiger partial charge in [0.25, 0.3) is 10.0 Å². The summed E-state index contributed by atoms with van der Waals surface area (Å²) in [6, 6.07) is 2.56. The predicted octanol–water partition coefficient (Wildman–Crippen LogP) is -0.508. The maximum atomic E-state index is 12.1. The van der Waals surface area contributed by atoms with Crippen LogP contribution < -0.4 is 5.32 Å². The van der Waals surface area contributed by atoms with Crippen LogP contribution in [0.2, 0.25) is 0 Å². The van der Waals surface area contributed by atoms with Crippen LogP contribution in [0.4, 0.5) is 0 Å². The van der Waals surface area contributed by atoms with E-state index in [4.69, 9.17) is 9.84 Å². The van der Waals surface area contributed by atoms with Crippen molar-refractivity contribution in [1.29, 1.82) is 0 Å². The highest BCUT2D eigenvalue weighted by Gasteiger charge is 2.24. The molecule has 0 spiro atoms. The van der Waals surface area contributed by atoms with Crippen LogP contribution in [-0.4, -0.2) is 63.7 Å². The number of ether oxygens (including phenoxy) is 1. The number of nitrogens with zero attached hydrogens (tertiary/aromatic N) is 1. The van der Waals surface area contributed by atoms with E-state index in [1.807, 2.05) is 0 Å². The summed E-state index contributed by atoms with van der Waals surface area (Å²) in [5.41, 5.74) is 0. The SMILES string of the molecule is COCC(CO)NC(=O)CN(C)S(=O)(=O)c1cccs1. The zero-order valence-electron chi connectivity index (χ0n) is 11.3. The predicted molar refractivity (Wildman–Crippen MR) is 75.0 cm³/mol. The van der Waals surface area contributed by atoms with Gasteiger partial charge in [-0.05, 0) is 11.4 Å². The average Bonchev–Trinajstić information content (AvgIpc) is 2.92. The van der Waals surface area contributed by atoms with E-state index in [1.165, 1.54) is 20.2 Å². The van der Waals surface area contributed by atoms with E-state index < -0.39 is 22.0 Å². The molecular formula is C11H18N2O5S2. The third-order valence-corrected chi connectivity index (χ3v) is 5.66. The third-order valence-electron chi connectivity index (χ3n) is 2.48. The van der Waals surface area contributed by atoms with Crippen molar-refractivity contribution in [1.82, 2.24) is 9.62 Å². The molecule has 0 fully saturated rings. The molecule has 1 atom stereocenters. The van der Waals surface area contributed by atoms with Crippen molar-refractivity contribution < 1.29 is 23.1 Å². The number of thiophene rings is 1. The quantitative estimate of drug-likeness (QED) is 0.672. The van der Waals surface area contributed by atoms with E-state index in [1.54, 1.807) is 11.4 Å². The standard InChI is InChI=1S/C11H18N2O5S2/c1-13(20(16,17)11-4-3-5-19-11)6-10(15)12-9(7-14)8-18-2/h3-5,9,14H,6-8H2,1-2H3,(H,12,15). The maximum absolute atomic E-state index is 12.1. The molecule has 0 aliphatic carbocycles. The van der Waals surface area contributed by atoms with E-state index in [0.29, 0.717) is 0 Å². The highest BCUT2D eigenvalue weighted by molar-refractivity contribution is 7.91. The van der Waals surface area contributed by atoms with Gasteiger partial charge in [-0.1, -0.05) is 6.07 Å². The Morgan fingerprint density at radius 1 is 1.60 bits per heavy atom. The summed E-state index contributed by atoms with van der Waals surface area (Å²) in [6.45, 7) is -0.439. The van der Waals surface area contributed by atoms with Crippen molar-refractivity contribution in [3.8, 4) is 0 Å². The number of aliphatic hydroxyl groups excluding tert-OH is 1. The number of rotatable bonds is 8. The molecule has 1 rings (SSSR count). The second-order valence-electron chi connectivity index (χ2n) is 4.10. The van der Waals surface area contributed by atoms with Gasteiger partial charge >= 0.3 is 0 Å². The third kappa shape index (κ3) is 4.53. The highest BCUT2D eigenvalue weighted by atomic mass is 32.2. The summed E-state index contributed by atoms with van der Waals surface area (Å²) in [6.07, 6.45) is 0. The summed E-state index contributed by atoms with van der Waals surface area (Å²) in [4.78, 5) is 11.7. The van der Waals surface area contributed by atoms with Gasteiger partial charge in [-0.15, -0.1) is 11.3 Å². The number of hydrogen-bond donors (Lipinski definition) is 2. The number of carbonyl (C=O) groups excluding carboxylic acids is 1. The molecule has 114 valence electrons. The van der Waals surface area contributed by atoms with Gasteiger partial charge in [-0.2, -0.15) is 4.31 Å². The first kappa shape index (κ1) is 17.1. The number of nitrogens with one attached hydrogen (secondary N) is 1. The fraction of sp³-hybridized carbons (Fsp3) is 0.545. The Morgan fingerprint density at radius 2 is 2.30 bits per heavy atom. The molecule has 0 saturated heterocycles. The van der Waals surface area contributed by atoms with Crippen molar-refractivity contribution in [2.45, 2.75) is 10.3 Å². The number of likely N-dealkylation sites (N-methyl/N-ethyl adjacent to an activating group) is 1. The van der Waals surface area contributed by atoms with E-state index in [0.717, 1.165) is 15.6 Å². The molecule has 9 heteroatoms. The van der Waals surface area contributed by atoms with E-state index >= 15 is 0 Å². The Bertz CT molecular complexity index is 515. The lowest BCUT2D eigenvalue weighted by molar-refractivity contribution is -0.122. The molecule has 1 heterocycles. The Balaban J connectivity index is 2.62. The summed E-state index contributed by atoms with van der Waals surface area (Å²) >= 11 is 1.09. The number of amides is 1. The van der Waals surface area contributed by atoms with E-state index in [9.17, 15) is 13.2 Å². The normalized spacial score (nSPS) is 13.4. The molecule has 0 aromatic carbocycles. The Kier molecular flexibility index (Phi) is 6.56. The summed E-state index contributed by atoms with van der Waals surface area (Å²) in [7, 11) is -0.869. The van der Waals surface area contributed by atoms with Gasteiger partial charge in [0.2, 0.25) is 5.91 Å². The van der Waals surface area contributed by atoms with Crippen LogP contribution in [0.5, 0.6) is 0 Å². The minimum absolute atomic E-state index is 0.156. The van der Waals surface area contributed by atoms with Crippen molar-refractivity contribution in [2.75, 3.05) is 33.9 Å². The lowest BCUT2D eigenvalue weighted by Gasteiger charge is -2.19. The molecule has 20 heavy (non-hydrogen) atoms. The van der Waals surface area contributed by atoms with E-state index in [2.05, 4.69) is 5.32 Å². The fourth-order valence-corrected chi connectivity index (χ4v) is 3.79. The topological polar surface area (TPSA) is 95.9 Å².